The summed E-state index contributed by atoms with van der Waals surface area (Å²) < 4.78 is 0. The molecule has 0 aromatic heterocycles. The summed E-state index contributed by atoms with van der Waals surface area (Å²) in [7, 11) is 0. The Morgan fingerprint density at radius 3 is 2.72 bits per heavy atom. The van der Waals surface area contributed by atoms with Crippen LogP contribution in [0.1, 0.15) is 18.1 Å². The van der Waals surface area contributed by atoms with Crippen molar-refractivity contribution in [1.29, 1.82) is 5.26 Å². The SMILES string of the molecule is CCN/C=C(/C#N)C(=O)Nc1ccc(C)cc1C. The molecule has 0 spiro atoms. The third kappa shape index (κ3) is 3.63. The molecule has 0 bridgehead atoms. The summed E-state index contributed by atoms with van der Waals surface area (Å²) in [6, 6.07) is 7.61. The minimum atomic E-state index is -0.398. The third-order valence-electron chi connectivity index (χ3n) is 2.45. The maximum Gasteiger partial charge on any atom is 0.267 e. The second-order valence-electron chi connectivity index (χ2n) is 4.00. The van der Waals surface area contributed by atoms with Crippen LogP contribution in [0.15, 0.2) is 30.0 Å². The van der Waals surface area contributed by atoms with Gasteiger partial charge in [0, 0.05) is 18.4 Å². The van der Waals surface area contributed by atoms with Gasteiger partial charge in [-0.1, -0.05) is 17.7 Å². The molecule has 0 fully saturated rings. The van der Waals surface area contributed by atoms with Crippen LogP contribution in [0, 0.1) is 25.2 Å². The number of rotatable bonds is 4. The number of nitriles is 1. The van der Waals surface area contributed by atoms with Crippen molar-refractivity contribution in [3.8, 4) is 6.07 Å². The van der Waals surface area contributed by atoms with E-state index in [-0.39, 0.29) is 5.57 Å². The Morgan fingerprint density at radius 1 is 1.44 bits per heavy atom. The van der Waals surface area contributed by atoms with Crippen molar-refractivity contribution < 1.29 is 4.79 Å². The van der Waals surface area contributed by atoms with E-state index in [0.29, 0.717) is 6.54 Å². The number of carbonyl (C=O) groups is 1. The summed E-state index contributed by atoms with van der Waals surface area (Å²) >= 11 is 0. The van der Waals surface area contributed by atoms with Gasteiger partial charge in [0.2, 0.25) is 0 Å². The van der Waals surface area contributed by atoms with Crippen LogP contribution in [0.5, 0.6) is 0 Å². The van der Waals surface area contributed by atoms with Crippen molar-refractivity contribution in [1.82, 2.24) is 5.32 Å². The van der Waals surface area contributed by atoms with Gasteiger partial charge in [0.15, 0.2) is 0 Å². The molecule has 0 saturated carbocycles. The van der Waals surface area contributed by atoms with Crippen molar-refractivity contribution in [2.45, 2.75) is 20.8 Å². The molecular formula is C14H17N3O. The minimum Gasteiger partial charge on any atom is -0.390 e. The monoisotopic (exact) mass is 243 g/mol. The highest BCUT2D eigenvalue weighted by Crippen LogP contribution is 2.16. The number of hydrogen-bond acceptors (Lipinski definition) is 3. The zero-order chi connectivity index (χ0) is 13.5. The van der Waals surface area contributed by atoms with Gasteiger partial charge in [-0.25, -0.2) is 0 Å². The second-order valence-corrected chi connectivity index (χ2v) is 4.00. The van der Waals surface area contributed by atoms with Gasteiger partial charge >= 0.3 is 0 Å². The number of benzene rings is 1. The Morgan fingerprint density at radius 2 is 2.17 bits per heavy atom. The normalized spacial score (nSPS) is 10.7. The van der Waals surface area contributed by atoms with E-state index in [2.05, 4.69) is 10.6 Å². The molecule has 0 atom stereocenters. The van der Waals surface area contributed by atoms with E-state index in [1.807, 2.05) is 45.0 Å². The van der Waals surface area contributed by atoms with Crippen LogP contribution in [0.2, 0.25) is 0 Å². The van der Waals surface area contributed by atoms with Crippen LogP contribution < -0.4 is 10.6 Å². The van der Waals surface area contributed by atoms with Crippen molar-refractivity contribution in [2.24, 2.45) is 0 Å². The van der Waals surface area contributed by atoms with E-state index in [4.69, 9.17) is 5.26 Å². The van der Waals surface area contributed by atoms with Gasteiger partial charge in [0.05, 0.1) is 0 Å². The van der Waals surface area contributed by atoms with Gasteiger partial charge in [0.1, 0.15) is 11.6 Å². The predicted molar refractivity (Wildman–Crippen MR) is 71.9 cm³/mol. The highest BCUT2D eigenvalue weighted by atomic mass is 16.1. The lowest BCUT2D eigenvalue weighted by atomic mass is 10.1. The Kier molecular flexibility index (Phi) is 4.94. The number of nitrogens with one attached hydrogen (secondary N) is 2. The average Bonchev–Trinajstić information content (AvgIpc) is 2.34. The Hall–Kier alpha value is -2.28. The van der Waals surface area contributed by atoms with E-state index >= 15 is 0 Å². The van der Waals surface area contributed by atoms with Crippen LogP contribution in [0.4, 0.5) is 5.69 Å². The molecular weight excluding hydrogens is 226 g/mol. The summed E-state index contributed by atoms with van der Waals surface area (Å²) in [5, 5.41) is 14.5. The van der Waals surface area contributed by atoms with Gasteiger partial charge < -0.3 is 10.6 Å². The van der Waals surface area contributed by atoms with Crippen LogP contribution >= 0.6 is 0 Å². The Balaban J connectivity index is 2.84. The van der Waals surface area contributed by atoms with E-state index in [0.717, 1.165) is 16.8 Å². The molecule has 1 amide bonds. The predicted octanol–water partition coefficient (Wildman–Crippen LogP) is 2.26. The van der Waals surface area contributed by atoms with Crippen LogP contribution in [-0.2, 0) is 4.79 Å². The molecule has 0 radical (unpaired) electrons. The first kappa shape index (κ1) is 13.8. The first-order valence-corrected chi connectivity index (χ1v) is 5.80. The summed E-state index contributed by atoms with van der Waals surface area (Å²) in [6.07, 6.45) is 1.43. The highest BCUT2D eigenvalue weighted by Gasteiger charge is 2.10. The molecule has 94 valence electrons. The standard InChI is InChI=1S/C14H17N3O/c1-4-16-9-12(8-15)14(18)17-13-6-5-10(2)7-11(13)3/h5-7,9,16H,4H2,1-3H3,(H,17,18)/b12-9-. The van der Waals surface area contributed by atoms with E-state index in [9.17, 15) is 4.79 Å². The molecule has 1 aromatic rings. The largest absolute Gasteiger partial charge is 0.390 e. The Labute approximate surface area is 107 Å². The number of amides is 1. The molecule has 0 aliphatic heterocycles. The molecule has 1 rings (SSSR count). The van der Waals surface area contributed by atoms with Crippen LogP contribution in [0.25, 0.3) is 0 Å². The molecule has 18 heavy (non-hydrogen) atoms. The fraction of sp³-hybridized carbons (Fsp3) is 0.286. The number of nitrogens with zero attached hydrogens (tertiary/aromatic N) is 1. The van der Waals surface area contributed by atoms with E-state index < -0.39 is 5.91 Å². The van der Waals surface area contributed by atoms with Crippen LogP contribution in [-0.4, -0.2) is 12.5 Å². The first-order chi connectivity index (χ1) is 8.58. The number of hydrogen-bond donors (Lipinski definition) is 2. The number of aryl methyl sites for hydroxylation is 2. The molecule has 4 nitrogen and oxygen atoms in total. The van der Waals surface area contributed by atoms with Gasteiger partial charge in [0.25, 0.3) is 5.91 Å². The molecule has 4 heteroatoms. The van der Waals surface area contributed by atoms with Crippen molar-refractivity contribution >= 4 is 11.6 Å². The summed E-state index contributed by atoms with van der Waals surface area (Å²) in [6.45, 7) is 6.47. The smallest absolute Gasteiger partial charge is 0.267 e. The van der Waals surface area contributed by atoms with Gasteiger partial charge in [-0.15, -0.1) is 0 Å². The molecule has 0 unspecified atom stereocenters. The molecule has 0 saturated heterocycles. The summed E-state index contributed by atoms with van der Waals surface area (Å²) in [5.41, 5.74) is 2.90. The van der Waals surface area contributed by atoms with Crippen LogP contribution in [0.3, 0.4) is 0 Å². The summed E-state index contributed by atoms with van der Waals surface area (Å²) in [4.78, 5) is 11.8. The number of anilines is 1. The summed E-state index contributed by atoms with van der Waals surface area (Å²) in [5.74, 6) is -0.398. The highest BCUT2D eigenvalue weighted by molar-refractivity contribution is 6.06. The van der Waals surface area contributed by atoms with Crippen molar-refractivity contribution in [3.63, 3.8) is 0 Å². The molecule has 0 aliphatic carbocycles. The first-order valence-electron chi connectivity index (χ1n) is 5.80. The van der Waals surface area contributed by atoms with Gasteiger partial charge in [-0.05, 0) is 32.4 Å². The van der Waals surface area contributed by atoms with Gasteiger partial charge in [-0.2, -0.15) is 5.26 Å². The molecule has 0 aliphatic rings. The number of carbonyl (C=O) groups excluding carboxylic acids is 1. The fourth-order valence-corrected chi connectivity index (χ4v) is 1.50. The second kappa shape index (κ2) is 6.45. The quantitative estimate of drug-likeness (QED) is 0.629. The third-order valence-corrected chi connectivity index (χ3v) is 2.45. The fourth-order valence-electron chi connectivity index (χ4n) is 1.50. The topological polar surface area (TPSA) is 64.9 Å². The maximum absolute atomic E-state index is 11.8. The lowest BCUT2D eigenvalue weighted by Gasteiger charge is -2.08. The lowest BCUT2D eigenvalue weighted by Crippen LogP contribution is -2.17. The maximum atomic E-state index is 11.8. The molecule has 0 heterocycles. The lowest BCUT2D eigenvalue weighted by molar-refractivity contribution is -0.112. The molecule has 2 N–H and O–H groups in total. The zero-order valence-corrected chi connectivity index (χ0v) is 10.9. The molecule has 1 aromatic carbocycles. The zero-order valence-electron chi connectivity index (χ0n) is 10.9. The van der Waals surface area contributed by atoms with E-state index in [1.165, 1.54) is 6.20 Å². The van der Waals surface area contributed by atoms with Crippen molar-refractivity contribution in [2.75, 3.05) is 11.9 Å². The van der Waals surface area contributed by atoms with E-state index in [1.54, 1.807) is 0 Å². The average molecular weight is 243 g/mol. The Bertz CT molecular complexity index is 512. The minimum absolute atomic E-state index is 0.0665. The van der Waals surface area contributed by atoms with Gasteiger partial charge in [-0.3, -0.25) is 4.79 Å². The van der Waals surface area contributed by atoms with Crippen molar-refractivity contribution in [3.05, 3.63) is 41.1 Å².